The lowest BCUT2D eigenvalue weighted by molar-refractivity contribution is 0.382. The molecule has 1 rings (SSSR count). The number of aromatic nitrogens is 1. The first-order valence-corrected chi connectivity index (χ1v) is 4.02. The van der Waals surface area contributed by atoms with E-state index in [2.05, 4.69) is 4.98 Å². The molecule has 0 saturated heterocycles. The topological polar surface area (TPSA) is 57.4 Å². The number of hydrogen-bond acceptors (Lipinski definition) is 4. The molecule has 4 heteroatoms. The average Bonchev–Trinajstić information content (AvgIpc) is 2.16. The second-order valence-corrected chi connectivity index (χ2v) is 2.76. The Morgan fingerprint density at radius 2 is 2.08 bits per heavy atom. The monoisotopic (exact) mass is 182 g/mol. The second-order valence-electron chi connectivity index (χ2n) is 2.76. The van der Waals surface area contributed by atoms with Gasteiger partial charge in [0.1, 0.15) is 5.75 Å². The summed E-state index contributed by atoms with van der Waals surface area (Å²) < 4.78 is 10.1. The van der Waals surface area contributed by atoms with Crippen molar-refractivity contribution in [2.24, 2.45) is 5.73 Å². The highest BCUT2D eigenvalue weighted by Crippen LogP contribution is 2.25. The van der Waals surface area contributed by atoms with Gasteiger partial charge in [-0.25, -0.2) is 4.98 Å². The van der Waals surface area contributed by atoms with E-state index in [0.29, 0.717) is 11.6 Å². The van der Waals surface area contributed by atoms with Crippen molar-refractivity contribution in [1.82, 2.24) is 4.98 Å². The van der Waals surface area contributed by atoms with E-state index in [-0.39, 0.29) is 6.04 Å². The van der Waals surface area contributed by atoms with Crippen molar-refractivity contribution in [2.75, 3.05) is 14.2 Å². The van der Waals surface area contributed by atoms with Crippen LogP contribution in [0.4, 0.5) is 0 Å². The van der Waals surface area contributed by atoms with Crippen LogP contribution in [0.2, 0.25) is 0 Å². The van der Waals surface area contributed by atoms with E-state index in [1.807, 2.05) is 6.92 Å². The van der Waals surface area contributed by atoms with E-state index >= 15 is 0 Å². The van der Waals surface area contributed by atoms with Gasteiger partial charge in [0, 0.05) is 17.7 Å². The van der Waals surface area contributed by atoms with Gasteiger partial charge in [-0.05, 0) is 6.92 Å². The summed E-state index contributed by atoms with van der Waals surface area (Å²) in [6, 6.07) is 1.69. The fraction of sp³-hybridized carbons (Fsp3) is 0.444. The van der Waals surface area contributed by atoms with Gasteiger partial charge in [-0.1, -0.05) is 0 Å². The summed E-state index contributed by atoms with van der Waals surface area (Å²) in [5.41, 5.74) is 6.65. The lowest BCUT2D eigenvalue weighted by Gasteiger charge is -2.11. The molecule has 4 nitrogen and oxygen atoms in total. The van der Waals surface area contributed by atoms with E-state index < -0.39 is 0 Å². The molecule has 0 unspecified atom stereocenters. The summed E-state index contributed by atoms with van der Waals surface area (Å²) in [5.74, 6) is 1.24. The number of pyridine rings is 1. The van der Waals surface area contributed by atoms with Gasteiger partial charge in [0.15, 0.2) is 0 Å². The molecule has 0 aliphatic heterocycles. The number of hydrogen-bond donors (Lipinski definition) is 1. The zero-order valence-corrected chi connectivity index (χ0v) is 8.07. The fourth-order valence-electron chi connectivity index (χ4n) is 1.08. The van der Waals surface area contributed by atoms with E-state index in [4.69, 9.17) is 15.2 Å². The number of ether oxygens (including phenoxy) is 2. The molecule has 0 amide bonds. The van der Waals surface area contributed by atoms with Gasteiger partial charge < -0.3 is 15.2 Å². The minimum Gasteiger partial charge on any atom is -0.495 e. The highest BCUT2D eigenvalue weighted by Gasteiger charge is 2.09. The van der Waals surface area contributed by atoms with Gasteiger partial charge in [0.05, 0.1) is 20.4 Å². The summed E-state index contributed by atoms with van der Waals surface area (Å²) in [6.07, 6.45) is 1.61. The normalized spacial score (nSPS) is 12.3. The maximum Gasteiger partial charge on any atom is 0.213 e. The predicted octanol–water partition coefficient (Wildman–Crippen LogP) is 1.12. The lowest BCUT2D eigenvalue weighted by Crippen LogP contribution is -2.07. The Bertz CT molecular complexity index is 287. The molecule has 1 aromatic heterocycles. The second kappa shape index (κ2) is 4.09. The Morgan fingerprint density at radius 1 is 1.38 bits per heavy atom. The van der Waals surface area contributed by atoms with Crippen molar-refractivity contribution < 1.29 is 9.47 Å². The van der Waals surface area contributed by atoms with Gasteiger partial charge in [0.2, 0.25) is 5.88 Å². The molecular formula is C9H14N2O2. The largest absolute Gasteiger partial charge is 0.495 e. The number of rotatable bonds is 3. The molecule has 0 saturated carbocycles. The number of nitrogens with two attached hydrogens (primary N) is 1. The third kappa shape index (κ3) is 2.09. The third-order valence-electron chi connectivity index (χ3n) is 1.79. The smallest absolute Gasteiger partial charge is 0.213 e. The van der Waals surface area contributed by atoms with Crippen LogP contribution in [0.3, 0.4) is 0 Å². The molecule has 0 aliphatic carbocycles. The highest BCUT2D eigenvalue weighted by molar-refractivity contribution is 5.36. The van der Waals surface area contributed by atoms with Crippen molar-refractivity contribution in [3.8, 4) is 11.6 Å². The Kier molecular flexibility index (Phi) is 3.08. The summed E-state index contributed by atoms with van der Waals surface area (Å²) in [4.78, 5) is 4.01. The average molecular weight is 182 g/mol. The predicted molar refractivity (Wildman–Crippen MR) is 49.9 cm³/mol. The maximum absolute atomic E-state index is 5.75. The molecular weight excluding hydrogens is 168 g/mol. The summed E-state index contributed by atoms with van der Waals surface area (Å²) in [5, 5.41) is 0. The molecule has 0 bridgehead atoms. The molecule has 0 aromatic carbocycles. The van der Waals surface area contributed by atoms with E-state index in [1.54, 1.807) is 26.5 Å². The first kappa shape index (κ1) is 9.80. The molecule has 1 atom stereocenters. The Morgan fingerprint density at radius 3 is 2.54 bits per heavy atom. The summed E-state index contributed by atoms with van der Waals surface area (Å²) in [7, 11) is 3.16. The molecule has 1 aromatic rings. The molecule has 0 aliphatic rings. The van der Waals surface area contributed by atoms with Gasteiger partial charge >= 0.3 is 0 Å². The van der Waals surface area contributed by atoms with Crippen LogP contribution in [-0.4, -0.2) is 19.2 Å². The van der Waals surface area contributed by atoms with Crippen molar-refractivity contribution in [1.29, 1.82) is 0 Å². The van der Waals surface area contributed by atoms with Crippen LogP contribution in [0.1, 0.15) is 18.5 Å². The molecule has 0 spiro atoms. The Labute approximate surface area is 77.7 Å². The first-order chi connectivity index (χ1) is 6.19. The van der Waals surface area contributed by atoms with E-state index in [9.17, 15) is 0 Å². The lowest BCUT2D eigenvalue weighted by atomic mass is 10.1. The maximum atomic E-state index is 5.75. The van der Waals surface area contributed by atoms with Gasteiger partial charge in [-0.3, -0.25) is 0 Å². The van der Waals surface area contributed by atoms with Gasteiger partial charge in [0.25, 0.3) is 0 Å². The van der Waals surface area contributed by atoms with Crippen molar-refractivity contribution in [2.45, 2.75) is 13.0 Å². The van der Waals surface area contributed by atoms with Crippen molar-refractivity contribution in [3.05, 3.63) is 17.8 Å². The highest BCUT2D eigenvalue weighted by atomic mass is 16.5. The minimum absolute atomic E-state index is 0.0909. The van der Waals surface area contributed by atoms with Crippen LogP contribution in [-0.2, 0) is 0 Å². The summed E-state index contributed by atoms with van der Waals surface area (Å²) >= 11 is 0. The van der Waals surface area contributed by atoms with Crippen molar-refractivity contribution >= 4 is 0 Å². The molecule has 0 fully saturated rings. The van der Waals surface area contributed by atoms with Gasteiger partial charge in [-0.15, -0.1) is 0 Å². The van der Waals surface area contributed by atoms with Crippen molar-refractivity contribution in [3.63, 3.8) is 0 Å². The fourth-order valence-corrected chi connectivity index (χ4v) is 1.08. The third-order valence-corrected chi connectivity index (χ3v) is 1.79. The molecule has 13 heavy (non-hydrogen) atoms. The van der Waals surface area contributed by atoms with Crippen LogP contribution in [0, 0.1) is 0 Å². The standard InChI is InChI=1S/C9H14N2O2/c1-6(10)7-4-9(13-3)11-5-8(7)12-2/h4-6H,10H2,1-3H3/t6-/m1/s1. The Hall–Kier alpha value is -1.29. The van der Waals surface area contributed by atoms with Crippen LogP contribution < -0.4 is 15.2 Å². The zero-order valence-electron chi connectivity index (χ0n) is 8.07. The summed E-state index contributed by atoms with van der Waals surface area (Å²) in [6.45, 7) is 1.89. The zero-order chi connectivity index (χ0) is 9.84. The molecule has 1 heterocycles. The number of nitrogens with zero attached hydrogens (tertiary/aromatic N) is 1. The quantitative estimate of drug-likeness (QED) is 0.761. The Balaban J connectivity index is 3.10. The van der Waals surface area contributed by atoms with Crippen LogP contribution in [0.5, 0.6) is 11.6 Å². The SMILES string of the molecule is COc1cc([C@@H](C)N)c(OC)cn1. The van der Waals surface area contributed by atoms with Crippen LogP contribution >= 0.6 is 0 Å². The number of methoxy groups -OCH3 is 2. The van der Waals surface area contributed by atoms with E-state index in [0.717, 1.165) is 5.56 Å². The van der Waals surface area contributed by atoms with Gasteiger partial charge in [-0.2, -0.15) is 0 Å². The van der Waals surface area contributed by atoms with Crippen LogP contribution in [0.25, 0.3) is 0 Å². The minimum atomic E-state index is -0.0909. The van der Waals surface area contributed by atoms with E-state index in [1.165, 1.54) is 0 Å². The van der Waals surface area contributed by atoms with Crippen LogP contribution in [0.15, 0.2) is 12.3 Å². The molecule has 2 N–H and O–H groups in total. The first-order valence-electron chi connectivity index (χ1n) is 4.02. The molecule has 0 radical (unpaired) electrons. The molecule has 72 valence electrons.